The summed E-state index contributed by atoms with van der Waals surface area (Å²) in [5.41, 5.74) is 6.53. The fourth-order valence-corrected chi connectivity index (χ4v) is 4.85. The molecule has 6 aromatic rings. The van der Waals surface area contributed by atoms with Crippen molar-refractivity contribution in [1.82, 2.24) is 14.5 Å². The van der Waals surface area contributed by atoms with Crippen LogP contribution in [0.3, 0.4) is 0 Å². The summed E-state index contributed by atoms with van der Waals surface area (Å²) in [6.45, 7) is 0. The lowest BCUT2D eigenvalue weighted by molar-refractivity contribution is 1.14. The van der Waals surface area contributed by atoms with Crippen LogP contribution in [0.1, 0.15) is 22.3 Å². The van der Waals surface area contributed by atoms with Crippen LogP contribution in [0.25, 0.3) is 50.0 Å². The zero-order valence-corrected chi connectivity index (χ0v) is 20.3. The monoisotopic (exact) mass is 497 g/mol. The van der Waals surface area contributed by atoms with Crippen molar-refractivity contribution in [3.8, 4) is 52.5 Å². The smallest absolute Gasteiger partial charge is 0.159 e. The van der Waals surface area contributed by atoms with E-state index >= 15 is 0 Å². The van der Waals surface area contributed by atoms with Gasteiger partial charge in [0.05, 0.1) is 51.1 Å². The Bertz CT molecular complexity index is 2110. The van der Waals surface area contributed by atoms with Gasteiger partial charge in [0.15, 0.2) is 5.82 Å². The van der Waals surface area contributed by atoms with Crippen LogP contribution in [0.2, 0.25) is 0 Å². The van der Waals surface area contributed by atoms with Gasteiger partial charge in [0.25, 0.3) is 0 Å². The van der Waals surface area contributed by atoms with Crippen LogP contribution >= 0.6 is 0 Å². The zero-order chi connectivity index (χ0) is 26.9. The predicted octanol–water partition coefficient (Wildman–Crippen LogP) is 6.39. The Morgan fingerprint density at radius 2 is 1.28 bits per heavy atom. The lowest BCUT2D eigenvalue weighted by Crippen LogP contribution is -1.99. The molecule has 0 N–H and O–H groups in total. The standard InChI is InChI=1S/C32H15N7/c33-14-20-5-8-26(24(11-20)16-35)22-6-10-31-28(13-22)27-3-1-2-4-30(27)39(31)29-9-7-23(12-25(29)17-36)32-37-18-21(15-34)19-38-32/h1-13,18-19H. The highest BCUT2D eigenvalue weighted by Crippen LogP contribution is 2.37. The number of nitriles is 4. The third-order valence-corrected chi connectivity index (χ3v) is 6.65. The number of fused-ring (bicyclic) bond motifs is 3. The van der Waals surface area contributed by atoms with Gasteiger partial charge < -0.3 is 4.57 Å². The van der Waals surface area contributed by atoms with Crippen molar-refractivity contribution in [1.29, 1.82) is 21.0 Å². The predicted molar refractivity (Wildman–Crippen MR) is 146 cm³/mol. The Labute approximate surface area is 223 Å². The van der Waals surface area contributed by atoms with E-state index in [1.807, 2.05) is 60.7 Å². The maximum Gasteiger partial charge on any atom is 0.159 e. The van der Waals surface area contributed by atoms with Gasteiger partial charge in [-0.1, -0.05) is 30.3 Å². The van der Waals surface area contributed by atoms with E-state index in [0.29, 0.717) is 39.3 Å². The van der Waals surface area contributed by atoms with Crippen molar-refractivity contribution in [3.05, 3.63) is 114 Å². The van der Waals surface area contributed by atoms with Gasteiger partial charge in [-0.25, -0.2) is 9.97 Å². The van der Waals surface area contributed by atoms with Crippen LogP contribution in [-0.2, 0) is 0 Å². The number of benzene rings is 4. The molecule has 0 amide bonds. The minimum absolute atomic E-state index is 0.364. The van der Waals surface area contributed by atoms with Crippen molar-refractivity contribution in [2.75, 3.05) is 0 Å². The van der Waals surface area contributed by atoms with E-state index in [2.05, 4.69) is 32.7 Å². The summed E-state index contributed by atoms with van der Waals surface area (Å²) < 4.78 is 2.06. The van der Waals surface area contributed by atoms with E-state index in [-0.39, 0.29) is 0 Å². The molecule has 7 heteroatoms. The Kier molecular flexibility index (Phi) is 5.52. The molecule has 4 aromatic carbocycles. The fourth-order valence-electron chi connectivity index (χ4n) is 4.85. The molecule has 0 fully saturated rings. The highest BCUT2D eigenvalue weighted by molar-refractivity contribution is 6.10. The Hall–Kier alpha value is -6.28. The lowest BCUT2D eigenvalue weighted by atomic mass is 9.97. The fraction of sp³-hybridized carbons (Fsp3) is 0. The Morgan fingerprint density at radius 3 is 2.03 bits per heavy atom. The Balaban J connectivity index is 1.55. The maximum absolute atomic E-state index is 10.1. The number of hydrogen-bond donors (Lipinski definition) is 0. The molecule has 39 heavy (non-hydrogen) atoms. The maximum atomic E-state index is 10.1. The van der Waals surface area contributed by atoms with Gasteiger partial charge in [-0.2, -0.15) is 21.0 Å². The van der Waals surface area contributed by atoms with Crippen molar-refractivity contribution < 1.29 is 0 Å². The molecule has 0 spiro atoms. The lowest BCUT2D eigenvalue weighted by Gasteiger charge is -2.12. The van der Waals surface area contributed by atoms with Crippen LogP contribution in [0.4, 0.5) is 0 Å². The highest BCUT2D eigenvalue weighted by Gasteiger charge is 2.17. The van der Waals surface area contributed by atoms with Gasteiger partial charge in [-0.05, 0) is 59.7 Å². The largest absolute Gasteiger partial charge is 0.308 e. The first kappa shape index (κ1) is 23.1. The van der Waals surface area contributed by atoms with Crippen molar-refractivity contribution in [2.45, 2.75) is 0 Å². The quantitative estimate of drug-likeness (QED) is 0.279. The van der Waals surface area contributed by atoms with E-state index in [4.69, 9.17) is 5.26 Å². The molecule has 0 bridgehead atoms. The molecule has 178 valence electrons. The first-order valence-corrected chi connectivity index (χ1v) is 11.9. The summed E-state index contributed by atoms with van der Waals surface area (Å²) in [5, 5.41) is 40.0. The summed E-state index contributed by atoms with van der Waals surface area (Å²) >= 11 is 0. The average molecular weight is 498 g/mol. The summed E-state index contributed by atoms with van der Waals surface area (Å²) in [4.78, 5) is 8.52. The van der Waals surface area contributed by atoms with Crippen LogP contribution in [0.15, 0.2) is 91.3 Å². The molecule has 0 atom stereocenters. The van der Waals surface area contributed by atoms with Gasteiger partial charge in [0, 0.05) is 28.7 Å². The molecule has 2 aromatic heterocycles. The first-order chi connectivity index (χ1) is 19.1. The van der Waals surface area contributed by atoms with Gasteiger partial charge in [-0.15, -0.1) is 0 Å². The van der Waals surface area contributed by atoms with Crippen LogP contribution in [0.5, 0.6) is 0 Å². The van der Waals surface area contributed by atoms with E-state index in [9.17, 15) is 15.8 Å². The SMILES string of the molecule is N#Cc1cnc(-c2ccc(-n3c4ccccc4c4cc(-c5ccc(C#N)cc5C#N)ccc43)c(C#N)c2)nc1. The van der Waals surface area contributed by atoms with E-state index < -0.39 is 0 Å². The summed E-state index contributed by atoms with van der Waals surface area (Å²) in [6.07, 6.45) is 2.91. The Morgan fingerprint density at radius 1 is 0.564 bits per heavy atom. The molecule has 0 radical (unpaired) electrons. The van der Waals surface area contributed by atoms with Crippen LogP contribution in [0, 0.1) is 45.3 Å². The average Bonchev–Trinajstić information content (AvgIpc) is 3.33. The highest BCUT2D eigenvalue weighted by atomic mass is 15.0. The summed E-state index contributed by atoms with van der Waals surface area (Å²) in [5.74, 6) is 0.430. The number of aromatic nitrogens is 3. The molecule has 0 unspecified atom stereocenters. The van der Waals surface area contributed by atoms with Gasteiger partial charge in [0.1, 0.15) is 12.1 Å². The second-order valence-corrected chi connectivity index (χ2v) is 8.82. The van der Waals surface area contributed by atoms with Gasteiger partial charge in [0.2, 0.25) is 0 Å². The molecular weight excluding hydrogens is 482 g/mol. The van der Waals surface area contributed by atoms with Crippen LogP contribution in [-0.4, -0.2) is 14.5 Å². The molecule has 0 saturated carbocycles. The normalized spacial score (nSPS) is 10.5. The number of rotatable bonds is 3. The molecule has 0 saturated heterocycles. The summed E-state index contributed by atoms with van der Waals surface area (Å²) in [6, 6.07) is 33.2. The zero-order valence-electron chi connectivity index (χ0n) is 20.3. The molecule has 0 aliphatic carbocycles. The number of nitrogens with zero attached hydrogens (tertiary/aromatic N) is 7. The van der Waals surface area contributed by atoms with E-state index in [1.165, 1.54) is 12.4 Å². The van der Waals surface area contributed by atoms with E-state index in [1.54, 1.807) is 24.3 Å². The minimum atomic E-state index is 0.364. The van der Waals surface area contributed by atoms with E-state index in [0.717, 1.165) is 32.9 Å². The molecular formula is C32H15N7. The molecule has 6 rings (SSSR count). The number of para-hydroxylation sites is 1. The second kappa shape index (κ2) is 9.30. The topological polar surface area (TPSA) is 126 Å². The second-order valence-electron chi connectivity index (χ2n) is 8.82. The van der Waals surface area contributed by atoms with Crippen molar-refractivity contribution in [3.63, 3.8) is 0 Å². The molecule has 0 aliphatic rings. The van der Waals surface area contributed by atoms with Gasteiger partial charge in [-0.3, -0.25) is 0 Å². The van der Waals surface area contributed by atoms with Gasteiger partial charge >= 0.3 is 0 Å². The summed E-state index contributed by atoms with van der Waals surface area (Å²) in [7, 11) is 0. The minimum Gasteiger partial charge on any atom is -0.308 e. The first-order valence-electron chi connectivity index (χ1n) is 11.9. The molecule has 2 heterocycles. The molecule has 0 aliphatic heterocycles. The third-order valence-electron chi connectivity index (χ3n) is 6.65. The van der Waals surface area contributed by atoms with Crippen molar-refractivity contribution in [2.24, 2.45) is 0 Å². The van der Waals surface area contributed by atoms with Crippen LogP contribution < -0.4 is 0 Å². The third kappa shape index (κ3) is 3.81. The number of hydrogen-bond acceptors (Lipinski definition) is 6. The van der Waals surface area contributed by atoms with Crippen molar-refractivity contribution >= 4 is 21.8 Å². The molecule has 7 nitrogen and oxygen atoms in total.